The molecule has 1 N–H and O–H groups in total. The number of thiophene rings is 1. The quantitative estimate of drug-likeness (QED) is 0.886. The molecule has 0 saturated heterocycles. The van der Waals surface area contributed by atoms with E-state index < -0.39 is 0 Å². The molecule has 90 valence electrons. The lowest BCUT2D eigenvalue weighted by atomic mass is 10.1. The van der Waals surface area contributed by atoms with E-state index in [1.54, 1.807) is 0 Å². The van der Waals surface area contributed by atoms with E-state index in [1.165, 1.54) is 15.3 Å². The molecule has 0 aliphatic rings. The Kier molecular flexibility index (Phi) is 4.37. The predicted octanol–water partition coefficient (Wildman–Crippen LogP) is 4.32. The number of hydrogen-bond donors (Lipinski definition) is 1. The van der Waals surface area contributed by atoms with Crippen LogP contribution < -0.4 is 5.32 Å². The van der Waals surface area contributed by atoms with Crippen LogP contribution in [0.2, 0.25) is 0 Å². The van der Waals surface area contributed by atoms with Crippen LogP contribution in [0.25, 0.3) is 0 Å². The minimum Gasteiger partial charge on any atom is -0.312 e. The van der Waals surface area contributed by atoms with Crippen LogP contribution in [0.5, 0.6) is 0 Å². The Morgan fingerprint density at radius 1 is 1.18 bits per heavy atom. The highest BCUT2D eigenvalue weighted by atomic mass is 79.9. The van der Waals surface area contributed by atoms with Gasteiger partial charge in [0.15, 0.2) is 0 Å². The zero-order chi connectivity index (χ0) is 12.3. The van der Waals surface area contributed by atoms with E-state index in [-0.39, 0.29) is 0 Å². The lowest BCUT2D eigenvalue weighted by Crippen LogP contribution is -2.17. The summed E-state index contributed by atoms with van der Waals surface area (Å²) in [4.78, 5) is 2.78. The van der Waals surface area contributed by atoms with Crippen LogP contribution in [0, 0.1) is 6.92 Å². The normalized spacial score (nSPS) is 12.6. The molecular formula is C14H16BrNS. The number of rotatable bonds is 4. The SMILES string of the molecule is CNC(Cc1ccc(Br)cc1)c1ccc(C)s1. The van der Waals surface area contributed by atoms with Crippen LogP contribution in [-0.2, 0) is 6.42 Å². The smallest absolute Gasteiger partial charge is 0.0453 e. The fourth-order valence-electron chi connectivity index (χ4n) is 1.84. The molecule has 1 aromatic carbocycles. The molecule has 2 rings (SSSR count). The number of aryl methyl sites for hydroxylation is 1. The lowest BCUT2D eigenvalue weighted by Gasteiger charge is -2.14. The fraction of sp³-hybridized carbons (Fsp3) is 0.286. The van der Waals surface area contributed by atoms with Crippen molar-refractivity contribution < 1.29 is 0 Å². The number of hydrogen-bond acceptors (Lipinski definition) is 2. The van der Waals surface area contributed by atoms with Gasteiger partial charge in [0.2, 0.25) is 0 Å². The van der Waals surface area contributed by atoms with Crippen LogP contribution >= 0.6 is 27.3 Å². The maximum Gasteiger partial charge on any atom is 0.0453 e. The summed E-state index contributed by atoms with van der Waals surface area (Å²) in [5, 5.41) is 3.39. The molecule has 0 radical (unpaired) electrons. The van der Waals surface area contributed by atoms with Gasteiger partial charge in [-0.15, -0.1) is 11.3 Å². The molecule has 0 aliphatic heterocycles. The van der Waals surface area contributed by atoms with E-state index in [2.05, 4.69) is 64.6 Å². The van der Waals surface area contributed by atoms with Gasteiger partial charge in [-0.3, -0.25) is 0 Å². The largest absolute Gasteiger partial charge is 0.312 e. The standard InChI is InChI=1S/C14H16BrNS/c1-10-3-8-14(17-10)13(16-2)9-11-4-6-12(15)7-5-11/h3-8,13,16H,9H2,1-2H3. The van der Waals surface area contributed by atoms with Gasteiger partial charge in [0.05, 0.1) is 0 Å². The van der Waals surface area contributed by atoms with Crippen molar-refractivity contribution in [1.29, 1.82) is 0 Å². The van der Waals surface area contributed by atoms with Crippen LogP contribution in [0.3, 0.4) is 0 Å². The molecule has 3 heteroatoms. The summed E-state index contributed by atoms with van der Waals surface area (Å²) in [5.41, 5.74) is 1.36. The fourth-order valence-corrected chi connectivity index (χ4v) is 3.09. The second-order valence-corrected chi connectivity index (χ2v) is 6.36. The second-order valence-electron chi connectivity index (χ2n) is 4.12. The predicted molar refractivity (Wildman–Crippen MR) is 78.7 cm³/mol. The Hall–Kier alpha value is -0.640. The molecule has 0 bridgehead atoms. The topological polar surface area (TPSA) is 12.0 Å². The molecule has 0 spiro atoms. The number of benzene rings is 1. The summed E-state index contributed by atoms with van der Waals surface area (Å²) in [6.07, 6.45) is 1.03. The Labute approximate surface area is 115 Å². The van der Waals surface area contributed by atoms with E-state index in [1.807, 2.05) is 18.4 Å². The Morgan fingerprint density at radius 3 is 2.41 bits per heavy atom. The molecule has 1 heterocycles. The summed E-state index contributed by atoms with van der Waals surface area (Å²) in [7, 11) is 2.03. The molecule has 1 nitrogen and oxygen atoms in total. The summed E-state index contributed by atoms with van der Waals surface area (Å²) in [5.74, 6) is 0. The van der Waals surface area contributed by atoms with Crippen LogP contribution in [0.15, 0.2) is 40.9 Å². The Bertz CT molecular complexity index is 475. The average molecular weight is 310 g/mol. The summed E-state index contributed by atoms with van der Waals surface area (Å²) < 4.78 is 1.13. The zero-order valence-corrected chi connectivity index (χ0v) is 12.4. The van der Waals surface area contributed by atoms with Crippen molar-refractivity contribution in [1.82, 2.24) is 5.32 Å². The maximum atomic E-state index is 3.46. The highest BCUT2D eigenvalue weighted by molar-refractivity contribution is 9.10. The Balaban J connectivity index is 2.12. The molecule has 17 heavy (non-hydrogen) atoms. The number of nitrogens with one attached hydrogen (secondary N) is 1. The molecule has 0 saturated carbocycles. The van der Waals surface area contributed by atoms with E-state index in [4.69, 9.17) is 0 Å². The molecule has 0 fully saturated rings. The lowest BCUT2D eigenvalue weighted by molar-refractivity contribution is 0.602. The van der Waals surface area contributed by atoms with Gasteiger partial charge in [0.25, 0.3) is 0 Å². The van der Waals surface area contributed by atoms with Crippen LogP contribution in [0.4, 0.5) is 0 Å². The van der Waals surface area contributed by atoms with Gasteiger partial charge >= 0.3 is 0 Å². The number of likely N-dealkylation sites (N-methyl/N-ethyl adjacent to an activating group) is 1. The molecule has 0 amide bonds. The van der Waals surface area contributed by atoms with E-state index in [0.29, 0.717) is 6.04 Å². The van der Waals surface area contributed by atoms with Gasteiger partial charge in [0, 0.05) is 20.3 Å². The first-order chi connectivity index (χ1) is 8.19. The first kappa shape index (κ1) is 12.8. The first-order valence-electron chi connectivity index (χ1n) is 5.67. The second kappa shape index (κ2) is 5.80. The van der Waals surface area contributed by atoms with Gasteiger partial charge in [0.1, 0.15) is 0 Å². The number of halogens is 1. The van der Waals surface area contributed by atoms with Gasteiger partial charge in [-0.25, -0.2) is 0 Å². The molecule has 1 atom stereocenters. The van der Waals surface area contributed by atoms with E-state index in [9.17, 15) is 0 Å². The van der Waals surface area contributed by atoms with Gasteiger partial charge < -0.3 is 5.32 Å². The Morgan fingerprint density at radius 2 is 1.88 bits per heavy atom. The van der Waals surface area contributed by atoms with Crippen molar-refractivity contribution >= 4 is 27.3 Å². The van der Waals surface area contributed by atoms with E-state index >= 15 is 0 Å². The molecule has 1 unspecified atom stereocenters. The summed E-state index contributed by atoms with van der Waals surface area (Å²) >= 11 is 5.33. The third-order valence-corrected chi connectivity index (χ3v) is 4.45. The van der Waals surface area contributed by atoms with Crippen LogP contribution in [-0.4, -0.2) is 7.05 Å². The molecular weight excluding hydrogens is 294 g/mol. The summed E-state index contributed by atoms with van der Waals surface area (Å²) in [6.45, 7) is 2.15. The minimum atomic E-state index is 0.412. The highest BCUT2D eigenvalue weighted by Gasteiger charge is 2.11. The molecule has 0 aliphatic carbocycles. The van der Waals surface area contributed by atoms with Crippen molar-refractivity contribution in [2.75, 3.05) is 7.05 Å². The van der Waals surface area contributed by atoms with E-state index in [0.717, 1.165) is 10.9 Å². The van der Waals surface area contributed by atoms with Crippen molar-refractivity contribution in [3.63, 3.8) is 0 Å². The van der Waals surface area contributed by atoms with Crippen molar-refractivity contribution in [2.24, 2.45) is 0 Å². The third-order valence-electron chi connectivity index (χ3n) is 2.81. The van der Waals surface area contributed by atoms with Gasteiger partial charge in [-0.2, -0.15) is 0 Å². The van der Waals surface area contributed by atoms with Crippen molar-refractivity contribution in [3.05, 3.63) is 56.2 Å². The maximum absolute atomic E-state index is 3.46. The van der Waals surface area contributed by atoms with Crippen molar-refractivity contribution in [3.8, 4) is 0 Å². The molecule has 2 aromatic rings. The minimum absolute atomic E-state index is 0.412. The average Bonchev–Trinajstić information content (AvgIpc) is 2.75. The van der Waals surface area contributed by atoms with Gasteiger partial charge in [-0.05, 0) is 50.2 Å². The van der Waals surface area contributed by atoms with Crippen molar-refractivity contribution in [2.45, 2.75) is 19.4 Å². The molecule has 1 aromatic heterocycles. The third kappa shape index (κ3) is 3.41. The summed E-state index contributed by atoms with van der Waals surface area (Å²) in [6, 6.07) is 13.4. The van der Waals surface area contributed by atoms with Crippen LogP contribution in [0.1, 0.15) is 21.4 Å². The van der Waals surface area contributed by atoms with Gasteiger partial charge in [-0.1, -0.05) is 28.1 Å². The highest BCUT2D eigenvalue weighted by Crippen LogP contribution is 2.25. The zero-order valence-electron chi connectivity index (χ0n) is 10.0. The monoisotopic (exact) mass is 309 g/mol. The first-order valence-corrected chi connectivity index (χ1v) is 7.28.